The normalized spacial score (nSPS) is 15.0. The predicted octanol–water partition coefficient (Wildman–Crippen LogP) is 2.42. The smallest absolute Gasteiger partial charge is 0.251 e. The van der Waals surface area contributed by atoms with Crippen LogP contribution in [0.4, 0.5) is 4.39 Å². The highest BCUT2D eigenvalue weighted by molar-refractivity contribution is 5.64. The second-order valence-corrected chi connectivity index (χ2v) is 6.51. The second-order valence-electron chi connectivity index (χ2n) is 6.51. The van der Waals surface area contributed by atoms with Gasteiger partial charge in [0.2, 0.25) is 0 Å². The molecule has 26 heavy (non-hydrogen) atoms. The lowest BCUT2D eigenvalue weighted by molar-refractivity contribution is -0.00285. The third kappa shape index (κ3) is 3.42. The molecule has 0 bridgehead atoms. The molecule has 1 fully saturated rings. The zero-order valence-electron chi connectivity index (χ0n) is 14.0. The molecule has 0 saturated carbocycles. The van der Waals surface area contributed by atoms with Crippen LogP contribution in [0.1, 0.15) is 5.56 Å². The van der Waals surface area contributed by atoms with Crippen LogP contribution in [0.2, 0.25) is 0 Å². The van der Waals surface area contributed by atoms with Crippen molar-refractivity contribution in [1.82, 2.24) is 14.9 Å². The number of halogens is 1. The quantitative estimate of drug-likeness (QED) is 0.757. The third-order valence-electron chi connectivity index (χ3n) is 4.44. The fourth-order valence-corrected chi connectivity index (χ4v) is 3.15. The molecule has 3 aromatic rings. The Morgan fingerprint density at radius 2 is 1.96 bits per heavy atom. The Balaban J connectivity index is 1.68. The summed E-state index contributed by atoms with van der Waals surface area (Å²) in [4.78, 5) is 21.4. The molecule has 2 heterocycles. The molecule has 6 heteroatoms. The summed E-state index contributed by atoms with van der Waals surface area (Å²) in [5, 5.41) is 9.40. The molecule has 0 spiro atoms. The Morgan fingerprint density at radius 1 is 1.15 bits per heavy atom. The molecule has 1 saturated heterocycles. The van der Waals surface area contributed by atoms with Gasteiger partial charge in [0.25, 0.3) is 5.56 Å². The number of H-pyrrole nitrogens is 1. The van der Waals surface area contributed by atoms with Crippen LogP contribution in [0.5, 0.6) is 0 Å². The average molecular weight is 351 g/mol. The molecule has 132 valence electrons. The van der Waals surface area contributed by atoms with Gasteiger partial charge in [0.1, 0.15) is 11.6 Å². The molecule has 0 atom stereocenters. The van der Waals surface area contributed by atoms with Gasteiger partial charge >= 0.3 is 0 Å². The van der Waals surface area contributed by atoms with E-state index in [1.807, 2.05) is 24.3 Å². The maximum Gasteiger partial charge on any atom is 0.251 e. The molecule has 1 aliphatic heterocycles. The fourth-order valence-electron chi connectivity index (χ4n) is 3.15. The summed E-state index contributed by atoms with van der Waals surface area (Å²) in [6, 6.07) is 15.3. The van der Waals surface area contributed by atoms with E-state index in [2.05, 4.69) is 14.9 Å². The summed E-state index contributed by atoms with van der Waals surface area (Å²) >= 11 is 0. The Morgan fingerprint density at radius 3 is 2.73 bits per heavy atom. The van der Waals surface area contributed by atoms with Gasteiger partial charge in [-0.2, -0.15) is 0 Å². The molecule has 0 aliphatic carbocycles. The molecule has 0 unspecified atom stereocenters. The highest BCUT2D eigenvalue weighted by Crippen LogP contribution is 2.23. The molecular formula is C20H18FN3O2. The number of aliphatic hydroxyl groups excluding tert-OH is 1. The Kier molecular flexibility index (Phi) is 4.36. The van der Waals surface area contributed by atoms with Gasteiger partial charge < -0.3 is 10.1 Å². The number of β-amino-alcohol motifs (C(OH)–C–C–N with tert-alkyl or cyclic N) is 1. The first-order chi connectivity index (χ1) is 12.6. The maximum absolute atomic E-state index is 14.0. The van der Waals surface area contributed by atoms with Crippen molar-refractivity contribution in [3.63, 3.8) is 0 Å². The van der Waals surface area contributed by atoms with Crippen LogP contribution in [0.15, 0.2) is 59.4 Å². The molecule has 4 rings (SSSR count). The molecule has 2 aromatic carbocycles. The van der Waals surface area contributed by atoms with Crippen molar-refractivity contribution in [2.45, 2.75) is 12.6 Å². The number of nitrogens with one attached hydrogen (secondary N) is 1. The lowest BCUT2D eigenvalue weighted by Gasteiger charge is -2.35. The average Bonchev–Trinajstić information content (AvgIpc) is 2.60. The topological polar surface area (TPSA) is 69.2 Å². The van der Waals surface area contributed by atoms with E-state index in [0.29, 0.717) is 30.2 Å². The summed E-state index contributed by atoms with van der Waals surface area (Å²) in [6.07, 6.45) is -0.242. The first-order valence-electron chi connectivity index (χ1n) is 8.44. The van der Waals surface area contributed by atoms with Crippen molar-refractivity contribution < 1.29 is 9.50 Å². The highest BCUT2D eigenvalue weighted by atomic mass is 19.1. The number of aliphatic hydroxyl groups is 1. The van der Waals surface area contributed by atoms with E-state index in [4.69, 9.17) is 0 Å². The van der Waals surface area contributed by atoms with Gasteiger partial charge in [-0.05, 0) is 23.8 Å². The van der Waals surface area contributed by atoms with E-state index in [1.165, 1.54) is 12.1 Å². The Hall–Kier alpha value is -2.83. The van der Waals surface area contributed by atoms with Crippen molar-refractivity contribution in [2.24, 2.45) is 0 Å². The van der Waals surface area contributed by atoms with E-state index in [0.717, 1.165) is 17.7 Å². The van der Waals surface area contributed by atoms with E-state index in [1.54, 1.807) is 18.2 Å². The summed E-state index contributed by atoms with van der Waals surface area (Å²) < 4.78 is 14.0. The molecule has 2 N–H and O–H groups in total. The molecule has 0 radical (unpaired) electrons. The second kappa shape index (κ2) is 6.82. The van der Waals surface area contributed by atoms with Crippen LogP contribution in [0, 0.1) is 5.82 Å². The van der Waals surface area contributed by atoms with Gasteiger partial charge in [0, 0.05) is 36.8 Å². The molecule has 1 aliphatic rings. The minimum absolute atomic E-state index is 0.242. The number of rotatable bonds is 4. The molecular weight excluding hydrogens is 333 g/mol. The number of nitrogens with zero attached hydrogens (tertiary/aromatic N) is 2. The zero-order chi connectivity index (χ0) is 18.1. The van der Waals surface area contributed by atoms with Crippen LogP contribution in [0.3, 0.4) is 0 Å². The van der Waals surface area contributed by atoms with Crippen LogP contribution in [-0.4, -0.2) is 39.2 Å². The fraction of sp³-hybridized carbons (Fsp3) is 0.200. The maximum atomic E-state index is 14.0. The van der Waals surface area contributed by atoms with Gasteiger partial charge in [0.05, 0.1) is 11.8 Å². The van der Waals surface area contributed by atoms with E-state index in [9.17, 15) is 14.3 Å². The minimum atomic E-state index is -0.415. The van der Waals surface area contributed by atoms with Crippen molar-refractivity contribution >= 4 is 0 Å². The molecule has 0 amide bonds. The summed E-state index contributed by atoms with van der Waals surface area (Å²) in [5.41, 5.74) is 2.10. The zero-order valence-corrected chi connectivity index (χ0v) is 14.0. The molecule has 5 nitrogen and oxygen atoms in total. The predicted molar refractivity (Wildman–Crippen MR) is 97.0 cm³/mol. The van der Waals surface area contributed by atoms with Gasteiger partial charge in [0.15, 0.2) is 0 Å². The van der Waals surface area contributed by atoms with Gasteiger partial charge in [-0.15, -0.1) is 0 Å². The third-order valence-corrected chi connectivity index (χ3v) is 4.44. The monoisotopic (exact) mass is 351 g/mol. The van der Waals surface area contributed by atoms with E-state index >= 15 is 0 Å². The largest absolute Gasteiger partial charge is 0.390 e. The Labute approximate surface area is 149 Å². The first kappa shape index (κ1) is 16.6. The summed E-state index contributed by atoms with van der Waals surface area (Å²) in [5.74, 6) is -0.0112. The van der Waals surface area contributed by atoms with Gasteiger partial charge in [-0.3, -0.25) is 9.69 Å². The minimum Gasteiger partial charge on any atom is -0.390 e. The van der Waals surface area contributed by atoms with Crippen LogP contribution in [0.25, 0.3) is 22.6 Å². The Bertz CT molecular complexity index is 996. The highest BCUT2D eigenvalue weighted by Gasteiger charge is 2.24. The van der Waals surface area contributed by atoms with E-state index in [-0.39, 0.29) is 11.7 Å². The SMILES string of the molecule is O=c1cc(-c2ccccc2F)nc(-c2cccc(CN3CC(O)C3)c2)[nH]1. The van der Waals surface area contributed by atoms with Crippen molar-refractivity contribution in [3.8, 4) is 22.6 Å². The summed E-state index contributed by atoms with van der Waals surface area (Å²) in [7, 11) is 0. The number of hydrogen-bond acceptors (Lipinski definition) is 4. The lowest BCUT2D eigenvalue weighted by atomic mass is 10.1. The number of likely N-dealkylation sites (tertiary alicyclic amines) is 1. The number of aromatic nitrogens is 2. The van der Waals surface area contributed by atoms with Crippen LogP contribution in [-0.2, 0) is 6.54 Å². The van der Waals surface area contributed by atoms with Crippen molar-refractivity contribution in [1.29, 1.82) is 0 Å². The number of benzene rings is 2. The van der Waals surface area contributed by atoms with E-state index < -0.39 is 5.82 Å². The van der Waals surface area contributed by atoms with Crippen LogP contribution >= 0.6 is 0 Å². The number of aromatic amines is 1. The van der Waals surface area contributed by atoms with Crippen molar-refractivity contribution in [2.75, 3.05) is 13.1 Å². The number of hydrogen-bond donors (Lipinski definition) is 2. The lowest BCUT2D eigenvalue weighted by Crippen LogP contribution is -2.49. The summed E-state index contributed by atoms with van der Waals surface area (Å²) in [6.45, 7) is 2.06. The van der Waals surface area contributed by atoms with Gasteiger partial charge in [-0.1, -0.05) is 30.3 Å². The van der Waals surface area contributed by atoms with Gasteiger partial charge in [-0.25, -0.2) is 9.37 Å². The van der Waals surface area contributed by atoms with Crippen LogP contribution < -0.4 is 5.56 Å². The molecule has 1 aromatic heterocycles. The van der Waals surface area contributed by atoms with Crippen molar-refractivity contribution in [3.05, 3.63) is 76.3 Å². The first-order valence-corrected chi connectivity index (χ1v) is 8.44. The standard InChI is InChI=1S/C20H18FN3O2/c21-17-7-2-1-6-16(17)18-9-19(26)23-20(22-18)14-5-3-4-13(8-14)10-24-11-15(25)12-24/h1-9,15,25H,10-12H2,(H,22,23,26).